The van der Waals surface area contributed by atoms with Crippen LogP contribution < -0.4 is 10.2 Å². The van der Waals surface area contributed by atoms with Crippen LogP contribution in [0.5, 0.6) is 0 Å². The van der Waals surface area contributed by atoms with Gasteiger partial charge in [0.15, 0.2) is 0 Å². The Kier molecular flexibility index (Phi) is 3.86. The molecule has 0 amide bonds. The number of anilines is 1. The SMILES string of the molecule is Cc1c(Br)cccc1N1CCNC2(CCCCC2)C1. The first kappa shape index (κ1) is 13.4. The van der Waals surface area contributed by atoms with E-state index in [1.54, 1.807) is 0 Å². The van der Waals surface area contributed by atoms with Gasteiger partial charge in [-0.2, -0.15) is 0 Å². The molecule has 1 saturated heterocycles. The highest BCUT2D eigenvalue weighted by Crippen LogP contribution is 2.34. The predicted octanol–water partition coefficient (Wildman–Crippen LogP) is 3.87. The molecule has 104 valence electrons. The molecule has 0 bridgehead atoms. The Bertz CT molecular complexity index is 447. The molecule has 0 unspecified atom stereocenters. The number of piperazine rings is 1. The Morgan fingerprint density at radius 3 is 2.79 bits per heavy atom. The van der Waals surface area contributed by atoms with Gasteiger partial charge in [0, 0.05) is 35.3 Å². The minimum Gasteiger partial charge on any atom is -0.368 e. The van der Waals surface area contributed by atoms with Crippen molar-refractivity contribution in [1.82, 2.24) is 5.32 Å². The van der Waals surface area contributed by atoms with Crippen LogP contribution in [-0.2, 0) is 0 Å². The molecule has 1 aromatic carbocycles. The molecule has 0 atom stereocenters. The molecular formula is C16H23BrN2. The summed E-state index contributed by atoms with van der Waals surface area (Å²) in [5, 5.41) is 3.81. The van der Waals surface area contributed by atoms with Crippen LogP contribution in [0.3, 0.4) is 0 Å². The van der Waals surface area contributed by atoms with Crippen molar-refractivity contribution in [3.05, 3.63) is 28.2 Å². The zero-order valence-electron chi connectivity index (χ0n) is 11.7. The van der Waals surface area contributed by atoms with Crippen LogP contribution in [0.1, 0.15) is 37.7 Å². The van der Waals surface area contributed by atoms with E-state index in [1.165, 1.54) is 54.4 Å². The summed E-state index contributed by atoms with van der Waals surface area (Å²) in [6, 6.07) is 6.56. The van der Waals surface area contributed by atoms with Gasteiger partial charge in [0.2, 0.25) is 0 Å². The number of halogens is 1. The van der Waals surface area contributed by atoms with E-state index in [9.17, 15) is 0 Å². The van der Waals surface area contributed by atoms with Crippen molar-refractivity contribution in [2.24, 2.45) is 0 Å². The third-order valence-electron chi connectivity index (χ3n) is 4.77. The van der Waals surface area contributed by atoms with Crippen molar-refractivity contribution in [1.29, 1.82) is 0 Å². The molecule has 1 heterocycles. The van der Waals surface area contributed by atoms with Crippen LogP contribution in [0.2, 0.25) is 0 Å². The molecule has 2 fully saturated rings. The molecular weight excluding hydrogens is 300 g/mol. The minimum atomic E-state index is 0.380. The Morgan fingerprint density at radius 1 is 1.21 bits per heavy atom. The fourth-order valence-electron chi connectivity index (χ4n) is 3.66. The van der Waals surface area contributed by atoms with Gasteiger partial charge < -0.3 is 10.2 Å². The van der Waals surface area contributed by atoms with Gasteiger partial charge in [0.05, 0.1) is 0 Å². The van der Waals surface area contributed by atoms with E-state index in [1.807, 2.05) is 0 Å². The van der Waals surface area contributed by atoms with Gasteiger partial charge >= 0.3 is 0 Å². The van der Waals surface area contributed by atoms with Crippen molar-refractivity contribution in [2.75, 3.05) is 24.5 Å². The molecule has 1 spiro atoms. The van der Waals surface area contributed by atoms with E-state index in [-0.39, 0.29) is 0 Å². The average molecular weight is 323 g/mol. The maximum Gasteiger partial charge on any atom is 0.0408 e. The number of rotatable bonds is 1. The lowest BCUT2D eigenvalue weighted by molar-refractivity contribution is 0.216. The lowest BCUT2D eigenvalue weighted by atomic mass is 9.80. The third kappa shape index (κ3) is 2.68. The molecule has 1 saturated carbocycles. The van der Waals surface area contributed by atoms with E-state index < -0.39 is 0 Å². The van der Waals surface area contributed by atoms with Gasteiger partial charge in [0.1, 0.15) is 0 Å². The van der Waals surface area contributed by atoms with Gasteiger partial charge in [-0.1, -0.05) is 41.3 Å². The van der Waals surface area contributed by atoms with Crippen molar-refractivity contribution in [2.45, 2.75) is 44.6 Å². The van der Waals surface area contributed by atoms with Crippen LogP contribution in [0.4, 0.5) is 5.69 Å². The maximum atomic E-state index is 3.81. The quantitative estimate of drug-likeness (QED) is 0.844. The molecule has 2 aliphatic rings. The highest BCUT2D eigenvalue weighted by Gasteiger charge is 2.36. The summed E-state index contributed by atoms with van der Waals surface area (Å²) in [7, 11) is 0. The molecule has 1 aliphatic heterocycles. The van der Waals surface area contributed by atoms with E-state index in [2.05, 4.69) is 51.3 Å². The smallest absolute Gasteiger partial charge is 0.0408 e. The van der Waals surface area contributed by atoms with E-state index in [0.717, 1.165) is 13.1 Å². The normalized spacial score (nSPS) is 22.7. The molecule has 1 aromatic rings. The summed E-state index contributed by atoms with van der Waals surface area (Å²) in [6.07, 6.45) is 6.88. The fourth-order valence-corrected chi connectivity index (χ4v) is 4.02. The number of nitrogens with one attached hydrogen (secondary N) is 1. The van der Waals surface area contributed by atoms with Gasteiger partial charge in [-0.15, -0.1) is 0 Å². The van der Waals surface area contributed by atoms with Crippen LogP contribution in [-0.4, -0.2) is 25.2 Å². The summed E-state index contributed by atoms with van der Waals surface area (Å²) >= 11 is 3.66. The van der Waals surface area contributed by atoms with Gasteiger partial charge in [-0.3, -0.25) is 0 Å². The molecule has 19 heavy (non-hydrogen) atoms. The van der Waals surface area contributed by atoms with Crippen LogP contribution in [0.15, 0.2) is 22.7 Å². The van der Waals surface area contributed by atoms with Crippen LogP contribution in [0, 0.1) is 6.92 Å². The number of nitrogens with zero attached hydrogens (tertiary/aromatic N) is 1. The van der Waals surface area contributed by atoms with Crippen molar-refractivity contribution >= 4 is 21.6 Å². The topological polar surface area (TPSA) is 15.3 Å². The Morgan fingerprint density at radius 2 is 2.00 bits per heavy atom. The molecule has 3 rings (SSSR count). The number of benzene rings is 1. The van der Waals surface area contributed by atoms with E-state index in [0.29, 0.717) is 5.54 Å². The summed E-state index contributed by atoms with van der Waals surface area (Å²) in [5.41, 5.74) is 3.15. The zero-order chi connectivity index (χ0) is 13.3. The summed E-state index contributed by atoms with van der Waals surface area (Å²) in [6.45, 7) is 5.63. The minimum absolute atomic E-state index is 0.380. The first-order valence-corrected chi connectivity index (χ1v) is 8.25. The summed E-state index contributed by atoms with van der Waals surface area (Å²) < 4.78 is 1.22. The first-order chi connectivity index (χ1) is 9.20. The molecule has 0 radical (unpaired) electrons. The second kappa shape index (κ2) is 5.45. The van der Waals surface area contributed by atoms with Crippen molar-refractivity contribution in [3.8, 4) is 0 Å². The summed E-state index contributed by atoms with van der Waals surface area (Å²) in [5.74, 6) is 0. The highest BCUT2D eigenvalue weighted by molar-refractivity contribution is 9.10. The highest BCUT2D eigenvalue weighted by atomic mass is 79.9. The van der Waals surface area contributed by atoms with E-state index >= 15 is 0 Å². The molecule has 2 nitrogen and oxygen atoms in total. The van der Waals surface area contributed by atoms with Crippen LogP contribution in [0.25, 0.3) is 0 Å². The van der Waals surface area contributed by atoms with Gasteiger partial charge in [-0.05, 0) is 37.5 Å². The second-order valence-electron chi connectivity index (χ2n) is 6.07. The molecule has 1 aliphatic carbocycles. The van der Waals surface area contributed by atoms with Gasteiger partial charge in [-0.25, -0.2) is 0 Å². The molecule has 1 N–H and O–H groups in total. The molecule has 0 aromatic heterocycles. The number of hydrogen-bond acceptors (Lipinski definition) is 2. The monoisotopic (exact) mass is 322 g/mol. The second-order valence-corrected chi connectivity index (χ2v) is 6.93. The van der Waals surface area contributed by atoms with Crippen LogP contribution >= 0.6 is 15.9 Å². The van der Waals surface area contributed by atoms with Crippen molar-refractivity contribution < 1.29 is 0 Å². The number of hydrogen-bond donors (Lipinski definition) is 1. The Balaban J connectivity index is 1.83. The summed E-state index contributed by atoms with van der Waals surface area (Å²) in [4.78, 5) is 2.59. The molecule has 3 heteroatoms. The average Bonchev–Trinajstić information content (AvgIpc) is 2.43. The van der Waals surface area contributed by atoms with E-state index in [4.69, 9.17) is 0 Å². The lowest BCUT2D eigenvalue weighted by Gasteiger charge is -2.47. The Hall–Kier alpha value is -0.540. The van der Waals surface area contributed by atoms with Crippen molar-refractivity contribution in [3.63, 3.8) is 0 Å². The third-order valence-corrected chi connectivity index (χ3v) is 5.62. The largest absolute Gasteiger partial charge is 0.368 e. The fraction of sp³-hybridized carbons (Fsp3) is 0.625. The first-order valence-electron chi connectivity index (χ1n) is 7.45. The predicted molar refractivity (Wildman–Crippen MR) is 84.9 cm³/mol. The standard InChI is InChI=1S/C16H23BrN2/c1-13-14(17)6-5-7-15(13)19-11-10-18-16(12-19)8-3-2-4-9-16/h5-7,18H,2-4,8-12H2,1H3. The zero-order valence-corrected chi connectivity index (χ0v) is 13.3. The van der Waals surface area contributed by atoms with Gasteiger partial charge in [0.25, 0.3) is 0 Å². The lowest BCUT2D eigenvalue weighted by Crippen LogP contribution is -2.61. The maximum absolute atomic E-state index is 3.81. The Labute approximate surface area is 124 Å².